The minimum Gasteiger partial charge on any atom is -0.489 e. The Hall–Kier alpha value is -2.86. The molecule has 148 valence electrons. The molecule has 2 aromatic rings. The number of likely N-dealkylation sites (N-methyl/N-ethyl adjacent to an activating group) is 1. The lowest BCUT2D eigenvalue weighted by atomic mass is 10.1. The van der Waals surface area contributed by atoms with E-state index in [4.69, 9.17) is 4.74 Å². The first-order valence-corrected chi connectivity index (χ1v) is 9.51. The van der Waals surface area contributed by atoms with Crippen LogP contribution in [-0.2, 0) is 16.2 Å². The van der Waals surface area contributed by atoms with E-state index in [9.17, 15) is 9.59 Å². The van der Waals surface area contributed by atoms with Crippen LogP contribution in [0.5, 0.6) is 5.75 Å². The Bertz CT molecular complexity index is 800. The highest BCUT2D eigenvalue weighted by Crippen LogP contribution is 2.46. The van der Waals surface area contributed by atoms with Crippen LogP contribution in [0.1, 0.15) is 18.4 Å². The number of rotatable bonds is 9. The molecule has 0 spiro atoms. The lowest BCUT2D eigenvalue weighted by Crippen LogP contribution is -2.42. The van der Waals surface area contributed by atoms with Gasteiger partial charge in [0.05, 0.1) is 0 Å². The molecular weight excluding hydrogens is 354 g/mol. The molecule has 28 heavy (non-hydrogen) atoms. The van der Waals surface area contributed by atoms with Gasteiger partial charge in [0.2, 0.25) is 11.8 Å². The van der Waals surface area contributed by atoms with Crippen molar-refractivity contribution in [2.45, 2.75) is 19.4 Å². The van der Waals surface area contributed by atoms with Crippen LogP contribution in [0.15, 0.2) is 54.6 Å². The van der Waals surface area contributed by atoms with Gasteiger partial charge in [0, 0.05) is 18.8 Å². The molecule has 3 rings (SSSR count). The standard InChI is InChI=1S/C22H27N3O3/c1-25(2)15-14-23-20(26)22(12-13-22)21(27)24-18-8-10-19(11-9-18)28-16-17-6-4-3-5-7-17/h3-11H,12-16H2,1-2H3,(H,23,26)(H,24,27). The van der Waals surface area contributed by atoms with E-state index in [2.05, 4.69) is 10.6 Å². The molecule has 0 atom stereocenters. The van der Waals surface area contributed by atoms with E-state index < -0.39 is 5.41 Å². The summed E-state index contributed by atoms with van der Waals surface area (Å²) in [4.78, 5) is 27.0. The third kappa shape index (κ3) is 5.10. The van der Waals surface area contributed by atoms with Crippen LogP contribution in [0, 0.1) is 5.41 Å². The second-order valence-electron chi connectivity index (χ2n) is 7.39. The van der Waals surface area contributed by atoms with E-state index in [1.165, 1.54) is 0 Å². The average molecular weight is 381 g/mol. The number of carbonyl (C=O) groups is 2. The molecule has 1 aliphatic carbocycles. The van der Waals surface area contributed by atoms with Gasteiger partial charge < -0.3 is 20.3 Å². The largest absolute Gasteiger partial charge is 0.489 e. The molecule has 0 unspecified atom stereocenters. The number of benzene rings is 2. The molecule has 0 radical (unpaired) electrons. The number of nitrogens with zero attached hydrogens (tertiary/aromatic N) is 1. The predicted molar refractivity (Wildman–Crippen MR) is 109 cm³/mol. The zero-order valence-corrected chi connectivity index (χ0v) is 16.4. The van der Waals surface area contributed by atoms with E-state index in [0.29, 0.717) is 31.7 Å². The summed E-state index contributed by atoms with van der Waals surface area (Å²) in [6.45, 7) is 1.77. The van der Waals surface area contributed by atoms with Gasteiger partial charge in [-0.25, -0.2) is 0 Å². The monoisotopic (exact) mass is 381 g/mol. The minimum absolute atomic E-state index is 0.185. The van der Waals surface area contributed by atoms with Gasteiger partial charge in [0.1, 0.15) is 17.8 Å². The van der Waals surface area contributed by atoms with Crippen LogP contribution in [0.25, 0.3) is 0 Å². The van der Waals surface area contributed by atoms with Crippen LogP contribution < -0.4 is 15.4 Å². The number of amides is 2. The maximum absolute atomic E-state index is 12.6. The van der Waals surface area contributed by atoms with E-state index in [1.807, 2.05) is 61.5 Å². The number of ether oxygens (including phenoxy) is 1. The van der Waals surface area contributed by atoms with Gasteiger partial charge in [0.15, 0.2) is 0 Å². The van der Waals surface area contributed by atoms with Crippen molar-refractivity contribution in [2.75, 3.05) is 32.5 Å². The van der Waals surface area contributed by atoms with Crippen LogP contribution >= 0.6 is 0 Å². The first-order chi connectivity index (χ1) is 13.5. The summed E-state index contributed by atoms with van der Waals surface area (Å²) in [5.41, 5.74) is 0.828. The maximum atomic E-state index is 12.6. The maximum Gasteiger partial charge on any atom is 0.240 e. The normalized spacial score (nSPS) is 14.4. The predicted octanol–water partition coefficient (Wildman–Crippen LogP) is 2.66. The van der Waals surface area contributed by atoms with Gasteiger partial charge in [0.25, 0.3) is 0 Å². The quantitative estimate of drug-likeness (QED) is 0.655. The van der Waals surface area contributed by atoms with Crippen LogP contribution in [-0.4, -0.2) is 43.9 Å². The Morgan fingerprint density at radius 2 is 1.68 bits per heavy atom. The molecule has 0 aromatic heterocycles. The zero-order valence-electron chi connectivity index (χ0n) is 16.4. The van der Waals surface area contributed by atoms with Crippen LogP contribution in [0.2, 0.25) is 0 Å². The second kappa shape index (κ2) is 8.89. The highest BCUT2D eigenvalue weighted by Gasteiger charge is 2.56. The lowest BCUT2D eigenvalue weighted by molar-refractivity contribution is -0.134. The fraction of sp³-hybridized carbons (Fsp3) is 0.364. The Morgan fingerprint density at radius 1 is 1.00 bits per heavy atom. The van der Waals surface area contributed by atoms with Crippen molar-refractivity contribution >= 4 is 17.5 Å². The van der Waals surface area contributed by atoms with Gasteiger partial charge in [-0.1, -0.05) is 30.3 Å². The van der Waals surface area contributed by atoms with Crippen molar-refractivity contribution in [2.24, 2.45) is 5.41 Å². The summed E-state index contributed by atoms with van der Waals surface area (Å²) in [6.07, 6.45) is 1.18. The van der Waals surface area contributed by atoms with Crippen molar-refractivity contribution in [1.29, 1.82) is 0 Å². The van der Waals surface area contributed by atoms with Crippen molar-refractivity contribution < 1.29 is 14.3 Å². The van der Waals surface area contributed by atoms with Gasteiger partial charge in [-0.15, -0.1) is 0 Å². The Labute approximate surface area is 165 Å². The molecular formula is C22H27N3O3. The Kier molecular flexibility index (Phi) is 6.31. The minimum atomic E-state index is -0.922. The van der Waals surface area contributed by atoms with Gasteiger partial charge in [-0.2, -0.15) is 0 Å². The number of hydrogen-bond donors (Lipinski definition) is 2. The summed E-state index contributed by atoms with van der Waals surface area (Å²) >= 11 is 0. The SMILES string of the molecule is CN(C)CCNC(=O)C1(C(=O)Nc2ccc(OCc3ccccc3)cc2)CC1. The highest BCUT2D eigenvalue weighted by molar-refractivity contribution is 6.13. The van der Waals surface area contributed by atoms with Gasteiger partial charge >= 0.3 is 0 Å². The van der Waals surface area contributed by atoms with Crippen LogP contribution in [0.4, 0.5) is 5.69 Å². The molecule has 0 bridgehead atoms. The second-order valence-corrected chi connectivity index (χ2v) is 7.39. The number of carbonyl (C=O) groups excluding carboxylic acids is 2. The topological polar surface area (TPSA) is 70.7 Å². The molecule has 1 fully saturated rings. The molecule has 2 aromatic carbocycles. The average Bonchev–Trinajstić information content (AvgIpc) is 3.50. The third-order valence-corrected chi connectivity index (χ3v) is 4.82. The summed E-state index contributed by atoms with van der Waals surface area (Å²) in [7, 11) is 3.89. The first kappa shape index (κ1) is 19.9. The Balaban J connectivity index is 1.50. The van der Waals surface area contributed by atoms with Gasteiger partial charge in [-0.3, -0.25) is 9.59 Å². The van der Waals surface area contributed by atoms with Crippen molar-refractivity contribution in [3.63, 3.8) is 0 Å². The summed E-state index contributed by atoms with van der Waals surface area (Å²) in [5, 5.41) is 5.72. The van der Waals surface area contributed by atoms with Gasteiger partial charge in [-0.05, 0) is 56.8 Å². The van der Waals surface area contributed by atoms with E-state index in [-0.39, 0.29) is 11.8 Å². The third-order valence-electron chi connectivity index (χ3n) is 4.82. The molecule has 2 amide bonds. The molecule has 0 saturated heterocycles. The number of anilines is 1. The molecule has 1 saturated carbocycles. The summed E-state index contributed by atoms with van der Waals surface area (Å²) in [5.74, 6) is 0.298. The van der Waals surface area contributed by atoms with Crippen molar-refractivity contribution in [1.82, 2.24) is 10.2 Å². The number of nitrogens with one attached hydrogen (secondary N) is 2. The smallest absolute Gasteiger partial charge is 0.240 e. The molecule has 6 heteroatoms. The molecule has 1 aliphatic rings. The summed E-state index contributed by atoms with van der Waals surface area (Å²) in [6, 6.07) is 17.1. The van der Waals surface area contributed by atoms with Crippen molar-refractivity contribution in [3.8, 4) is 5.75 Å². The molecule has 0 aliphatic heterocycles. The summed E-state index contributed by atoms with van der Waals surface area (Å²) < 4.78 is 5.75. The fourth-order valence-corrected chi connectivity index (χ4v) is 2.87. The number of hydrogen-bond acceptors (Lipinski definition) is 4. The lowest BCUT2D eigenvalue weighted by Gasteiger charge is -2.17. The van der Waals surface area contributed by atoms with Crippen molar-refractivity contribution in [3.05, 3.63) is 60.2 Å². The zero-order chi connectivity index (χ0) is 20.0. The fourth-order valence-electron chi connectivity index (χ4n) is 2.87. The Morgan fingerprint density at radius 3 is 2.29 bits per heavy atom. The van der Waals surface area contributed by atoms with E-state index in [0.717, 1.165) is 17.9 Å². The van der Waals surface area contributed by atoms with E-state index >= 15 is 0 Å². The van der Waals surface area contributed by atoms with E-state index in [1.54, 1.807) is 12.1 Å². The highest BCUT2D eigenvalue weighted by atomic mass is 16.5. The molecule has 6 nitrogen and oxygen atoms in total. The van der Waals surface area contributed by atoms with Crippen LogP contribution in [0.3, 0.4) is 0 Å². The molecule has 0 heterocycles. The molecule has 2 N–H and O–H groups in total. The first-order valence-electron chi connectivity index (χ1n) is 9.51.